The second kappa shape index (κ2) is 11.5. The van der Waals surface area contributed by atoms with Gasteiger partial charge in [0.1, 0.15) is 0 Å². The van der Waals surface area contributed by atoms with E-state index in [1.165, 1.54) is 12.8 Å². The van der Waals surface area contributed by atoms with Gasteiger partial charge in [0.25, 0.3) is 0 Å². The molecule has 0 radical (unpaired) electrons. The minimum atomic E-state index is -1.00. The van der Waals surface area contributed by atoms with Crippen LogP contribution in [0.3, 0.4) is 0 Å². The molecule has 0 aliphatic carbocycles. The van der Waals surface area contributed by atoms with Gasteiger partial charge < -0.3 is 15.5 Å². The summed E-state index contributed by atoms with van der Waals surface area (Å²) in [5.74, 6) is -2.02. The summed E-state index contributed by atoms with van der Waals surface area (Å²) in [6, 6.07) is 0. The average molecular weight is 285 g/mol. The van der Waals surface area contributed by atoms with Crippen molar-refractivity contribution in [3.8, 4) is 0 Å². The van der Waals surface area contributed by atoms with Crippen molar-refractivity contribution in [2.45, 2.75) is 58.5 Å². The number of aliphatic carboxylic acids is 1. The van der Waals surface area contributed by atoms with Gasteiger partial charge in [-0.2, -0.15) is 0 Å². The fourth-order valence-electron chi connectivity index (χ4n) is 1.77. The van der Waals surface area contributed by atoms with E-state index in [9.17, 15) is 9.59 Å². The van der Waals surface area contributed by atoms with Gasteiger partial charge in [0, 0.05) is 6.54 Å². The van der Waals surface area contributed by atoms with Crippen LogP contribution in [0.1, 0.15) is 52.4 Å². The minimum absolute atomic E-state index is 0.138. The van der Waals surface area contributed by atoms with E-state index in [0.717, 1.165) is 19.3 Å². The number of carbonyl (C=O) groups is 2. The van der Waals surface area contributed by atoms with Gasteiger partial charge in [-0.05, 0) is 19.8 Å². The molecule has 0 fully saturated rings. The smallest absolute Gasteiger partial charge is 0.304 e. The molecule has 0 aromatic heterocycles. The number of carbonyl (C=O) groups excluding carboxylic acids is 1. The summed E-state index contributed by atoms with van der Waals surface area (Å²) >= 11 is 0. The fourth-order valence-corrected chi connectivity index (χ4v) is 1.77. The van der Waals surface area contributed by atoms with E-state index in [0.29, 0.717) is 0 Å². The molecule has 5 heteroatoms. The Morgan fingerprint density at radius 3 is 2.50 bits per heavy atom. The van der Waals surface area contributed by atoms with E-state index in [-0.39, 0.29) is 18.9 Å². The molecule has 116 valence electrons. The first-order valence-corrected chi connectivity index (χ1v) is 7.31. The molecule has 0 aliphatic rings. The molecular formula is C15H27NO4. The maximum Gasteiger partial charge on any atom is 0.304 e. The van der Waals surface area contributed by atoms with Gasteiger partial charge in [-0.1, -0.05) is 38.3 Å². The molecule has 1 amide bonds. The van der Waals surface area contributed by atoms with E-state index >= 15 is 0 Å². The van der Waals surface area contributed by atoms with Crippen LogP contribution in [0.15, 0.2) is 12.2 Å². The molecule has 2 atom stereocenters. The van der Waals surface area contributed by atoms with Crippen LogP contribution in [0.2, 0.25) is 0 Å². The van der Waals surface area contributed by atoms with Crippen molar-refractivity contribution in [2.75, 3.05) is 6.54 Å². The van der Waals surface area contributed by atoms with E-state index in [1.807, 2.05) is 6.08 Å². The number of allylic oxidation sites excluding steroid dienone is 1. The zero-order chi connectivity index (χ0) is 15.4. The molecule has 0 saturated heterocycles. The van der Waals surface area contributed by atoms with Gasteiger partial charge in [0.2, 0.25) is 5.91 Å². The highest BCUT2D eigenvalue weighted by Gasteiger charge is 2.18. The zero-order valence-electron chi connectivity index (χ0n) is 12.5. The van der Waals surface area contributed by atoms with E-state index in [4.69, 9.17) is 10.2 Å². The van der Waals surface area contributed by atoms with Crippen molar-refractivity contribution in [3.63, 3.8) is 0 Å². The first-order valence-electron chi connectivity index (χ1n) is 7.31. The highest BCUT2D eigenvalue weighted by atomic mass is 16.4. The van der Waals surface area contributed by atoms with Crippen LogP contribution >= 0.6 is 0 Å². The first kappa shape index (κ1) is 18.6. The number of carboxylic acid groups (broad SMARTS) is 1. The van der Waals surface area contributed by atoms with Gasteiger partial charge in [-0.25, -0.2) is 0 Å². The van der Waals surface area contributed by atoms with Crippen LogP contribution in [-0.4, -0.2) is 34.7 Å². The van der Waals surface area contributed by atoms with E-state index in [1.54, 1.807) is 13.0 Å². The Morgan fingerprint density at radius 2 is 1.95 bits per heavy atom. The van der Waals surface area contributed by atoms with Crippen molar-refractivity contribution in [2.24, 2.45) is 5.92 Å². The van der Waals surface area contributed by atoms with Crippen molar-refractivity contribution < 1.29 is 19.8 Å². The quantitative estimate of drug-likeness (QED) is 0.401. The summed E-state index contributed by atoms with van der Waals surface area (Å²) < 4.78 is 0. The topological polar surface area (TPSA) is 86.6 Å². The van der Waals surface area contributed by atoms with Crippen molar-refractivity contribution in [1.29, 1.82) is 0 Å². The molecule has 0 aromatic carbocycles. The maximum absolute atomic E-state index is 11.8. The largest absolute Gasteiger partial charge is 0.481 e. The van der Waals surface area contributed by atoms with Crippen LogP contribution in [0, 0.1) is 5.92 Å². The molecule has 0 aliphatic heterocycles. The third-order valence-corrected chi connectivity index (χ3v) is 2.90. The van der Waals surface area contributed by atoms with Crippen molar-refractivity contribution in [1.82, 2.24) is 5.32 Å². The fraction of sp³-hybridized carbons (Fsp3) is 0.733. The highest BCUT2D eigenvalue weighted by Crippen LogP contribution is 2.09. The highest BCUT2D eigenvalue weighted by molar-refractivity contribution is 5.84. The summed E-state index contributed by atoms with van der Waals surface area (Å²) in [6.07, 6.45) is 8.12. The first-order chi connectivity index (χ1) is 9.47. The van der Waals surface area contributed by atoms with E-state index in [2.05, 4.69) is 12.2 Å². The number of hydrogen-bond donors (Lipinski definition) is 3. The van der Waals surface area contributed by atoms with Crippen LogP contribution in [-0.2, 0) is 9.59 Å². The summed E-state index contributed by atoms with van der Waals surface area (Å²) in [7, 11) is 0. The summed E-state index contributed by atoms with van der Waals surface area (Å²) in [5, 5.41) is 20.5. The van der Waals surface area contributed by atoms with Gasteiger partial charge in [-0.15, -0.1) is 0 Å². The predicted octanol–water partition coefficient (Wildman–Crippen LogP) is 2.10. The Bertz CT molecular complexity index is 313. The SMILES string of the molecule is CCCCCCC=CC(CC(=O)O)C(=O)NCC(C)O. The van der Waals surface area contributed by atoms with Crippen LogP contribution in [0.25, 0.3) is 0 Å². The lowest BCUT2D eigenvalue weighted by molar-refractivity contribution is -0.140. The molecule has 20 heavy (non-hydrogen) atoms. The van der Waals surface area contributed by atoms with Crippen molar-refractivity contribution >= 4 is 11.9 Å². The average Bonchev–Trinajstić information content (AvgIpc) is 2.38. The molecule has 0 spiro atoms. The maximum atomic E-state index is 11.8. The second-order valence-corrected chi connectivity index (χ2v) is 5.08. The Hall–Kier alpha value is -1.36. The number of hydrogen-bond acceptors (Lipinski definition) is 3. The zero-order valence-corrected chi connectivity index (χ0v) is 12.5. The predicted molar refractivity (Wildman–Crippen MR) is 78.3 cm³/mol. The van der Waals surface area contributed by atoms with Gasteiger partial charge >= 0.3 is 5.97 Å². The lowest BCUT2D eigenvalue weighted by atomic mass is 10.0. The van der Waals surface area contributed by atoms with Crippen LogP contribution < -0.4 is 5.32 Å². The molecule has 0 heterocycles. The third-order valence-electron chi connectivity index (χ3n) is 2.90. The van der Waals surface area contributed by atoms with E-state index < -0.39 is 18.0 Å². The molecule has 2 unspecified atom stereocenters. The normalized spacial score (nSPS) is 14.2. The molecule has 5 nitrogen and oxygen atoms in total. The molecule has 0 aromatic rings. The molecule has 3 N–H and O–H groups in total. The minimum Gasteiger partial charge on any atom is -0.481 e. The second-order valence-electron chi connectivity index (χ2n) is 5.08. The Balaban J connectivity index is 4.22. The summed E-state index contributed by atoms with van der Waals surface area (Å²) in [4.78, 5) is 22.6. The number of unbranched alkanes of at least 4 members (excludes halogenated alkanes) is 4. The number of carboxylic acids is 1. The molecule has 0 saturated carbocycles. The van der Waals surface area contributed by atoms with Gasteiger partial charge in [-0.3, -0.25) is 9.59 Å². The van der Waals surface area contributed by atoms with Crippen LogP contribution in [0.5, 0.6) is 0 Å². The Kier molecular flexibility index (Phi) is 10.7. The number of nitrogens with one attached hydrogen (secondary N) is 1. The lowest BCUT2D eigenvalue weighted by Crippen LogP contribution is -2.35. The van der Waals surface area contributed by atoms with Crippen molar-refractivity contribution in [3.05, 3.63) is 12.2 Å². The summed E-state index contributed by atoms with van der Waals surface area (Å²) in [6.45, 7) is 3.85. The Morgan fingerprint density at radius 1 is 1.25 bits per heavy atom. The number of rotatable bonds is 11. The summed E-state index contributed by atoms with van der Waals surface area (Å²) in [5.41, 5.74) is 0. The molecular weight excluding hydrogens is 258 g/mol. The molecule has 0 rings (SSSR count). The standard InChI is InChI=1S/C15H27NO4/c1-3-4-5-6-7-8-9-13(10-14(18)19)15(20)16-11-12(2)17/h8-9,12-13,17H,3-7,10-11H2,1-2H3,(H,16,20)(H,18,19). The number of aliphatic hydroxyl groups excluding tert-OH is 1. The van der Waals surface area contributed by atoms with Gasteiger partial charge in [0.05, 0.1) is 18.4 Å². The number of aliphatic hydroxyl groups is 1. The van der Waals surface area contributed by atoms with Gasteiger partial charge in [0.15, 0.2) is 0 Å². The number of amides is 1. The molecule has 0 bridgehead atoms. The monoisotopic (exact) mass is 285 g/mol. The Labute approximate surface area is 121 Å². The van der Waals surface area contributed by atoms with Crippen LogP contribution in [0.4, 0.5) is 0 Å². The lowest BCUT2D eigenvalue weighted by Gasteiger charge is -2.12. The third kappa shape index (κ3) is 10.6.